The van der Waals surface area contributed by atoms with Crippen LogP contribution in [0.4, 0.5) is 4.79 Å². The van der Waals surface area contributed by atoms with E-state index in [1.54, 1.807) is 11.3 Å². The Morgan fingerprint density at radius 2 is 2.17 bits per heavy atom. The Balaban J connectivity index is 1.87. The van der Waals surface area contributed by atoms with Crippen molar-refractivity contribution < 1.29 is 13.2 Å². The Kier molecular flexibility index (Phi) is 6.43. The molecule has 0 saturated carbocycles. The predicted molar refractivity (Wildman–Crippen MR) is 93.1 cm³/mol. The van der Waals surface area contributed by atoms with Crippen molar-refractivity contribution in [3.63, 3.8) is 0 Å². The fourth-order valence-corrected chi connectivity index (χ4v) is 5.20. The molecular formula is C15H25N3O3S2. The molecule has 2 amide bonds. The largest absolute Gasteiger partial charge is 0.337 e. The van der Waals surface area contributed by atoms with Crippen LogP contribution in [0.1, 0.15) is 37.6 Å². The molecule has 2 rings (SSSR count). The second-order valence-corrected chi connectivity index (χ2v) is 8.57. The minimum absolute atomic E-state index is 0.0576. The number of likely N-dealkylation sites (tertiary alicyclic amines) is 1. The number of hydrogen-bond acceptors (Lipinski definition) is 4. The van der Waals surface area contributed by atoms with Crippen LogP contribution in [0.5, 0.6) is 0 Å². The van der Waals surface area contributed by atoms with Gasteiger partial charge in [0.05, 0.1) is 11.8 Å². The van der Waals surface area contributed by atoms with Crippen LogP contribution in [0.3, 0.4) is 0 Å². The third-order valence-electron chi connectivity index (χ3n) is 4.12. The molecule has 2 heterocycles. The molecule has 0 spiro atoms. The van der Waals surface area contributed by atoms with Gasteiger partial charge in [-0.2, -0.15) is 0 Å². The number of rotatable bonds is 7. The summed E-state index contributed by atoms with van der Waals surface area (Å²) in [5.74, 6) is -0.0576. The third-order valence-corrected chi connectivity index (χ3v) is 7.12. The molecule has 0 radical (unpaired) electrons. The van der Waals surface area contributed by atoms with Gasteiger partial charge < -0.3 is 10.2 Å². The lowest BCUT2D eigenvalue weighted by atomic mass is 10.2. The minimum atomic E-state index is -3.30. The average molecular weight is 360 g/mol. The molecular weight excluding hydrogens is 334 g/mol. The van der Waals surface area contributed by atoms with Gasteiger partial charge in [0.1, 0.15) is 0 Å². The highest BCUT2D eigenvalue weighted by Gasteiger charge is 2.30. The van der Waals surface area contributed by atoms with Crippen molar-refractivity contribution in [2.24, 2.45) is 0 Å². The van der Waals surface area contributed by atoms with Gasteiger partial charge in [0.2, 0.25) is 10.0 Å². The third kappa shape index (κ3) is 4.45. The Morgan fingerprint density at radius 1 is 1.43 bits per heavy atom. The second kappa shape index (κ2) is 8.12. The molecule has 8 heteroatoms. The summed E-state index contributed by atoms with van der Waals surface area (Å²) >= 11 is 1.66. The van der Waals surface area contributed by atoms with Crippen LogP contribution in [-0.2, 0) is 10.0 Å². The lowest BCUT2D eigenvalue weighted by Gasteiger charge is -2.24. The summed E-state index contributed by atoms with van der Waals surface area (Å²) in [6, 6.07) is 3.99. The van der Waals surface area contributed by atoms with Gasteiger partial charge in [-0.15, -0.1) is 11.3 Å². The minimum Gasteiger partial charge on any atom is -0.337 e. The summed E-state index contributed by atoms with van der Waals surface area (Å²) in [6.45, 7) is 5.41. The summed E-state index contributed by atoms with van der Waals surface area (Å²) in [4.78, 5) is 15.4. The first-order valence-electron chi connectivity index (χ1n) is 8.05. The normalized spacial score (nSPS) is 18.6. The number of carbonyl (C=O) groups excluding carboxylic acids is 1. The predicted octanol–water partition coefficient (Wildman–Crippen LogP) is 2.27. The van der Waals surface area contributed by atoms with Crippen LogP contribution in [0.25, 0.3) is 0 Å². The number of hydrogen-bond donors (Lipinski definition) is 1. The first kappa shape index (κ1) is 18.2. The molecule has 1 fully saturated rings. The van der Waals surface area contributed by atoms with Crippen molar-refractivity contribution in [2.75, 3.05) is 31.9 Å². The quantitative estimate of drug-likeness (QED) is 0.812. The molecule has 1 aliphatic heterocycles. The van der Waals surface area contributed by atoms with E-state index >= 15 is 0 Å². The number of urea groups is 1. The SMILES string of the molecule is CCN(CC)S(=O)(=O)CCNC(=O)N1CCCC1c1cccs1. The number of thiophene rings is 1. The molecule has 130 valence electrons. The molecule has 0 bridgehead atoms. The Labute approximate surface area is 142 Å². The van der Waals surface area contributed by atoms with E-state index in [9.17, 15) is 13.2 Å². The molecule has 23 heavy (non-hydrogen) atoms. The number of carbonyl (C=O) groups is 1. The highest BCUT2D eigenvalue weighted by atomic mass is 32.2. The first-order chi connectivity index (χ1) is 11.0. The van der Waals surface area contributed by atoms with Crippen LogP contribution in [0.2, 0.25) is 0 Å². The van der Waals surface area contributed by atoms with Crippen LogP contribution < -0.4 is 5.32 Å². The summed E-state index contributed by atoms with van der Waals surface area (Å²) in [5, 5.41) is 4.78. The number of nitrogens with zero attached hydrogens (tertiary/aromatic N) is 2. The van der Waals surface area contributed by atoms with Gasteiger partial charge in [-0.25, -0.2) is 17.5 Å². The first-order valence-corrected chi connectivity index (χ1v) is 10.5. The summed E-state index contributed by atoms with van der Waals surface area (Å²) in [7, 11) is -3.30. The second-order valence-electron chi connectivity index (χ2n) is 5.50. The highest BCUT2D eigenvalue weighted by Crippen LogP contribution is 2.34. The Bertz CT molecular complexity index is 597. The van der Waals surface area contributed by atoms with Crippen molar-refractivity contribution >= 4 is 27.4 Å². The van der Waals surface area contributed by atoms with Crippen molar-refractivity contribution in [3.8, 4) is 0 Å². The molecule has 1 saturated heterocycles. The molecule has 1 aromatic rings. The maximum absolute atomic E-state index is 12.4. The molecule has 0 aliphatic carbocycles. The van der Waals surface area contributed by atoms with Gasteiger partial charge in [-0.3, -0.25) is 0 Å². The van der Waals surface area contributed by atoms with E-state index in [0.29, 0.717) is 13.1 Å². The molecule has 1 unspecified atom stereocenters. The van der Waals surface area contributed by atoms with E-state index in [1.807, 2.05) is 36.3 Å². The zero-order chi connectivity index (χ0) is 16.9. The fraction of sp³-hybridized carbons (Fsp3) is 0.667. The van der Waals surface area contributed by atoms with E-state index < -0.39 is 10.0 Å². The molecule has 1 aromatic heterocycles. The van der Waals surface area contributed by atoms with Gasteiger partial charge in [-0.05, 0) is 24.3 Å². The van der Waals surface area contributed by atoms with Gasteiger partial charge >= 0.3 is 6.03 Å². The smallest absolute Gasteiger partial charge is 0.317 e. The maximum atomic E-state index is 12.4. The van der Waals surface area contributed by atoms with Crippen LogP contribution in [0.15, 0.2) is 17.5 Å². The molecule has 1 aliphatic rings. The summed E-state index contributed by atoms with van der Waals surface area (Å²) in [6.07, 6.45) is 1.94. The lowest BCUT2D eigenvalue weighted by Crippen LogP contribution is -2.43. The molecule has 1 atom stereocenters. The number of amides is 2. The molecule has 0 aromatic carbocycles. The summed E-state index contributed by atoms with van der Waals surface area (Å²) in [5.41, 5.74) is 0. The Hall–Kier alpha value is -1.12. The molecule has 1 N–H and O–H groups in total. The average Bonchev–Trinajstić information content (AvgIpc) is 3.18. The van der Waals surface area contributed by atoms with Gasteiger partial charge in [-0.1, -0.05) is 19.9 Å². The van der Waals surface area contributed by atoms with Gasteiger partial charge in [0.15, 0.2) is 0 Å². The summed E-state index contributed by atoms with van der Waals surface area (Å²) < 4.78 is 25.6. The van der Waals surface area contributed by atoms with Crippen LogP contribution in [-0.4, -0.2) is 55.6 Å². The zero-order valence-electron chi connectivity index (χ0n) is 13.7. The van der Waals surface area contributed by atoms with Crippen molar-refractivity contribution in [1.82, 2.24) is 14.5 Å². The maximum Gasteiger partial charge on any atom is 0.317 e. The fourth-order valence-electron chi connectivity index (χ4n) is 2.92. The van der Waals surface area contributed by atoms with E-state index in [4.69, 9.17) is 0 Å². The lowest BCUT2D eigenvalue weighted by molar-refractivity contribution is 0.194. The Morgan fingerprint density at radius 3 is 2.78 bits per heavy atom. The van der Waals surface area contributed by atoms with E-state index in [1.165, 1.54) is 9.18 Å². The van der Waals surface area contributed by atoms with Crippen LogP contribution in [0, 0.1) is 0 Å². The highest BCUT2D eigenvalue weighted by molar-refractivity contribution is 7.89. The van der Waals surface area contributed by atoms with E-state index in [2.05, 4.69) is 5.32 Å². The van der Waals surface area contributed by atoms with Crippen molar-refractivity contribution in [3.05, 3.63) is 22.4 Å². The van der Waals surface area contributed by atoms with E-state index in [0.717, 1.165) is 19.4 Å². The molecule has 6 nitrogen and oxygen atoms in total. The van der Waals surface area contributed by atoms with Gasteiger partial charge in [0.25, 0.3) is 0 Å². The standard InChI is InChI=1S/C15H25N3O3S2/c1-3-17(4-2)23(20,21)12-9-16-15(19)18-10-5-7-13(18)14-8-6-11-22-14/h6,8,11,13H,3-5,7,9-10,12H2,1-2H3,(H,16,19). The van der Waals surface area contributed by atoms with Crippen molar-refractivity contribution in [2.45, 2.75) is 32.7 Å². The van der Waals surface area contributed by atoms with Gasteiger partial charge in [0, 0.05) is 31.1 Å². The van der Waals surface area contributed by atoms with Crippen LogP contribution >= 0.6 is 11.3 Å². The zero-order valence-corrected chi connectivity index (χ0v) is 15.3. The van der Waals surface area contributed by atoms with Crippen molar-refractivity contribution in [1.29, 1.82) is 0 Å². The number of nitrogens with one attached hydrogen (secondary N) is 1. The number of sulfonamides is 1. The van der Waals surface area contributed by atoms with E-state index in [-0.39, 0.29) is 24.4 Å². The monoisotopic (exact) mass is 359 g/mol. The topological polar surface area (TPSA) is 69.7 Å².